The Bertz CT molecular complexity index is 1890. The van der Waals surface area contributed by atoms with Gasteiger partial charge in [0.2, 0.25) is 23.0 Å². The molecule has 0 saturated heterocycles. The molecule has 0 bridgehead atoms. The molecular formula is C37H44N6O7. The number of aromatic nitrogens is 3. The lowest BCUT2D eigenvalue weighted by Crippen LogP contribution is -2.26. The van der Waals surface area contributed by atoms with Crippen molar-refractivity contribution in [2.24, 2.45) is 0 Å². The van der Waals surface area contributed by atoms with E-state index in [9.17, 15) is 14.4 Å². The Balaban J connectivity index is 1.23. The van der Waals surface area contributed by atoms with Gasteiger partial charge in [0.05, 0.1) is 33.1 Å². The van der Waals surface area contributed by atoms with Gasteiger partial charge in [-0.3, -0.25) is 19.5 Å². The number of H-pyrrole nitrogens is 1. The van der Waals surface area contributed by atoms with Crippen molar-refractivity contribution in [3.05, 3.63) is 75.7 Å². The maximum atomic E-state index is 13.5. The van der Waals surface area contributed by atoms with Crippen LogP contribution in [-0.4, -0.2) is 62.0 Å². The van der Waals surface area contributed by atoms with E-state index in [0.29, 0.717) is 84.7 Å². The van der Waals surface area contributed by atoms with Crippen LogP contribution in [0.15, 0.2) is 53.3 Å². The number of benzene rings is 2. The minimum Gasteiger partial charge on any atom is -0.493 e. The van der Waals surface area contributed by atoms with E-state index in [0.717, 1.165) is 35.1 Å². The highest BCUT2D eigenvalue weighted by Gasteiger charge is 2.29. The molecule has 0 fully saturated rings. The molecule has 2 amide bonds. The normalized spacial score (nSPS) is 13.3. The van der Waals surface area contributed by atoms with Gasteiger partial charge < -0.3 is 34.9 Å². The number of nitrogens with zero attached hydrogens (tertiary/aromatic N) is 2. The minimum atomic E-state index is -0.381. The lowest BCUT2D eigenvalue weighted by atomic mass is 9.95. The zero-order valence-electron chi connectivity index (χ0n) is 29.1. The van der Waals surface area contributed by atoms with Crippen LogP contribution < -0.4 is 35.6 Å². The molecule has 5 rings (SSSR count). The number of methoxy groups -OCH3 is 4. The molecule has 13 nitrogen and oxygen atoms in total. The van der Waals surface area contributed by atoms with Gasteiger partial charge in [0, 0.05) is 43.8 Å². The number of rotatable bonds is 15. The molecule has 3 aromatic carbocycles. The summed E-state index contributed by atoms with van der Waals surface area (Å²) in [4.78, 5) is 42.8. The molecule has 50 heavy (non-hydrogen) atoms. The molecule has 0 unspecified atom stereocenters. The second kappa shape index (κ2) is 16.8. The number of aromatic amines is 1. The number of carbonyl (C=O) groups is 2. The summed E-state index contributed by atoms with van der Waals surface area (Å²) >= 11 is 0. The first-order chi connectivity index (χ1) is 24.3. The van der Waals surface area contributed by atoms with Gasteiger partial charge in [-0.15, -0.1) is 0 Å². The summed E-state index contributed by atoms with van der Waals surface area (Å²) in [5, 5.41) is 16.3. The molecule has 4 N–H and O–H groups in total. The summed E-state index contributed by atoms with van der Waals surface area (Å²) in [6.07, 6.45) is 3.81. The fourth-order valence-corrected chi connectivity index (χ4v) is 6.25. The second-order valence-electron chi connectivity index (χ2n) is 12.0. The second-order valence-corrected chi connectivity index (χ2v) is 12.0. The van der Waals surface area contributed by atoms with Crippen molar-refractivity contribution in [1.29, 1.82) is 0 Å². The van der Waals surface area contributed by atoms with Gasteiger partial charge >= 0.3 is 0 Å². The smallest absolute Gasteiger partial charge is 0.224 e. The van der Waals surface area contributed by atoms with Crippen molar-refractivity contribution in [3.63, 3.8) is 0 Å². The molecule has 1 aliphatic carbocycles. The van der Waals surface area contributed by atoms with Crippen molar-refractivity contribution in [2.75, 3.05) is 45.6 Å². The van der Waals surface area contributed by atoms with Crippen LogP contribution in [0.25, 0.3) is 22.5 Å². The Labute approximate surface area is 291 Å². The summed E-state index contributed by atoms with van der Waals surface area (Å²) in [6.45, 7) is 2.36. The number of hydrogen-bond acceptors (Lipinski definition) is 10. The molecule has 0 aliphatic heterocycles. The summed E-state index contributed by atoms with van der Waals surface area (Å²) < 4.78 is 22.2. The Morgan fingerprint density at radius 2 is 1.78 bits per heavy atom. The minimum absolute atomic E-state index is 0.0812. The topological polar surface area (TPSA) is 166 Å². The first-order valence-electron chi connectivity index (χ1n) is 16.6. The number of ether oxygens (including phenoxy) is 4. The van der Waals surface area contributed by atoms with Gasteiger partial charge in [-0.1, -0.05) is 24.6 Å². The van der Waals surface area contributed by atoms with E-state index in [1.807, 2.05) is 36.4 Å². The van der Waals surface area contributed by atoms with Crippen LogP contribution in [0.3, 0.4) is 0 Å². The van der Waals surface area contributed by atoms with Crippen molar-refractivity contribution >= 4 is 23.2 Å². The predicted octanol–water partition coefficient (Wildman–Crippen LogP) is 5.41. The van der Waals surface area contributed by atoms with Gasteiger partial charge in [-0.2, -0.15) is 5.10 Å². The molecular weight excluding hydrogens is 640 g/mol. The van der Waals surface area contributed by atoms with Crippen molar-refractivity contribution in [2.45, 2.75) is 58.1 Å². The lowest BCUT2D eigenvalue weighted by molar-refractivity contribution is -0.119. The molecule has 1 heterocycles. The van der Waals surface area contributed by atoms with Crippen molar-refractivity contribution in [3.8, 4) is 39.8 Å². The quantitative estimate of drug-likeness (QED) is 0.119. The largest absolute Gasteiger partial charge is 0.493 e. The van der Waals surface area contributed by atoms with Gasteiger partial charge in [0.25, 0.3) is 0 Å². The summed E-state index contributed by atoms with van der Waals surface area (Å²) in [6, 6.07) is 14.2. The number of fused-ring (bicyclic) bond motifs is 3. The van der Waals surface area contributed by atoms with E-state index in [1.165, 1.54) is 6.92 Å². The molecule has 1 aromatic heterocycles. The van der Waals surface area contributed by atoms with E-state index in [-0.39, 0.29) is 23.3 Å². The Morgan fingerprint density at radius 3 is 2.52 bits per heavy atom. The first-order valence-corrected chi connectivity index (χ1v) is 16.6. The highest BCUT2D eigenvalue weighted by Crippen LogP contribution is 2.50. The summed E-state index contributed by atoms with van der Waals surface area (Å²) in [7, 11) is 6.29. The number of aryl methyl sites for hydroxylation is 1. The standard InChI is InChI=1S/C37H44N6O7/c1-22(44)39-28-15-13-23-19-31(48-3)35(49-4)36(50-5)34(23)26-14-16-29(30(45)20-27(26)28)38-17-8-6-7-12-33(46)40-25-11-9-10-24(18-25)37-41-32(21-47-2)42-43-37/h9-11,14,16,18-20,28H,6-8,12-13,15,17,21H2,1-5H3,(H,38,45)(H,39,44)(H,40,46)(H,41,42,43)/t28-/m0/s1. The van der Waals surface area contributed by atoms with E-state index in [2.05, 4.69) is 31.1 Å². The van der Waals surface area contributed by atoms with Gasteiger partial charge in [0.15, 0.2) is 23.1 Å². The fourth-order valence-electron chi connectivity index (χ4n) is 6.25. The summed E-state index contributed by atoms with van der Waals surface area (Å²) in [5.41, 5.74) is 4.94. The van der Waals surface area contributed by atoms with E-state index < -0.39 is 0 Å². The van der Waals surface area contributed by atoms with E-state index >= 15 is 0 Å². The first kappa shape index (κ1) is 35.9. The Morgan fingerprint density at radius 1 is 0.960 bits per heavy atom. The monoisotopic (exact) mass is 684 g/mol. The van der Waals surface area contributed by atoms with Crippen LogP contribution in [0.5, 0.6) is 17.2 Å². The highest BCUT2D eigenvalue weighted by molar-refractivity contribution is 5.91. The summed E-state index contributed by atoms with van der Waals surface area (Å²) in [5.74, 6) is 2.39. The third-order valence-corrected chi connectivity index (χ3v) is 8.53. The molecule has 1 aliphatic rings. The zero-order chi connectivity index (χ0) is 35.6. The van der Waals surface area contributed by atoms with Crippen LogP contribution in [0.1, 0.15) is 62.0 Å². The Hall–Kier alpha value is -5.43. The third-order valence-electron chi connectivity index (χ3n) is 8.53. The number of anilines is 2. The lowest BCUT2D eigenvalue weighted by Gasteiger charge is -2.19. The number of amides is 2. The van der Waals surface area contributed by atoms with Crippen molar-refractivity contribution < 1.29 is 28.5 Å². The molecule has 0 radical (unpaired) electrons. The van der Waals surface area contributed by atoms with E-state index in [1.54, 1.807) is 40.6 Å². The molecule has 1 atom stereocenters. The fraction of sp³-hybridized carbons (Fsp3) is 0.378. The van der Waals surface area contributed by atoms with Gasteiger partial charge in [-0.05, 0) is 72.7 Å². The maximum Gasteiger partial charge on any atom is 0.224 e. The molecule has 0 saturated carbocycles. The maximum absolute atomic E-state index is 13.5. The zero-order valence-corrected chi connectivity index (χ0v) is 29.1. The number of hydrogen-bond donors (Lipinski definition) is 4. The Kier molecular flexibility index (Phi) is 12.0. The average Bonchev–Trinajstić information content (AvgIpc) is 3.45. The van der Waals surface area contributed by atoms with Crippen LogP contribution in [0.2, 0.25) is 0 Å². The van der Waals surface area contributed by atoms with Crippen LogP contribution >= 0.6 is 0 Å². The van der Waals surface area contributed by atoms with Crippen LogP contribution in [0, 0.1) is 0 Å². The van der Waals surface area contributed by atoms with Crippen molar-refractivity contribution in [1.82, 2.24) is 20.5 Å². The molecule has 4 aromatic rings. The molecule has 0 spiro atoms. The molecule has 264 valence electrons. The van der Waals surface area contributed by atoms with E-state index in [4.69, 9.17) is 18.9 Å². The third kappa shape index (κ3) is 8.40. The highest BCUT2D eigenvalue weighted by atomic mass is 16.5. The SMILES string of the molecule is COCc1nc(-c2cccc(NC(=O)CCCCCNc3ccc4c(cc3=O)[C@@H](NC(C)=O)CCc3cc(OC)c(OC)c(OC)c3-4)c2)n[nH]1. The van der Waals surface area contributed by atoms with Crippen LogP contribution in [-0.2, 0) is 27.4 Å². The number of carbonyl (C=O) groups excluding carboxylic acids is 2. The van der Waals surface area contributed by atoms with Gasteiger partial charge in [-0.25, -0.2) is 4.98 Å². The number of unbranched alkanes of at least 4 members (excludes halogenated alkanes) is 2. The predicted molar refractivity (Wildman–Crippen MR) is 191 cm³/mol. The molecule has 13 heteroatoms. The van der Waals surface area contributed by atoms with Crippen LogP contribution in [0.4, 0.5) is 11.4 Å². The average molecular weight is 685 g/mol. The number of nitrogens with one attached hydrogen (secondary N) is 4. The van der Waals surface area contributed by atoms with Gasteiger partial charge in [0.1, 0.15) is 6.61 Å².